The fourth-order valence-corrected chi connectivity index (χ4v) is 5.98. The van der Waals surface area contributed by atoms with E-state index in [0.29, 0.717) is 11.8 Å². The van der Waals surface area contributed by atoms with Crippen molar-refractivity contribution in [2.24, 2.45) is 28.6 Å². The highest BCUT2D eigenvalue weighted by atomic mass is 16.5. The summed E-state index contributed by atoms with van der Waals surface area (Å²) in [4.78, 5) is 13.0. The van der Waals surface area contributed by atoms with Crippen molar-refractivity contribution < 1.29 is 19.7 Å². The summed E-state index contributed by atoms with van der Waals surface area (Å²) in [5.41, 5.74) is 2.63. The topological polar surface area (TPSA) is 66.8 Å². The third-order valence-electron chi connectivity index (χ3n) is 7.66. The highest BCUT2D eigenvalue weighted by Gasteiger charge is 2.57. The van der Waals surface area contributed by atoms with E-state index in [1.807, 2.05) is 0 Å². The summed E-state index contributed by atoms with van der Waals surface area (Å²) in [6.45, 7) is 8.48. The molecule has 3 rings (SSSR count). The Balaban J connectivity index is 1.85. The van der Waals surface area contributed by atoms with E-state index in [9.17, 15) is 9.90 Å². The normalized spacial score (nSPS) is 37.0. The standard InChI is InChI=1S/C23H36O4/c1-15(2)16-6-8-19-17(12-16)7-9-20-22(19,3)10-5-11-23(20,4)21(26)27-14-18(25)13-24/h7,12,15,18-20,24-25H,5-6,8-11,13-14H2,1-4H3/t18-,19-,20-,22-,23+/m1/s1. The Morgan fingerprint density at radius 3 is 2.74 bits per heavy atom. The first-order valence-electron chi connectivity index (χ1n) is 10.6. The highest BCUT2D eigenvalue weighted by Crippen LogP contribution is 2.62. The van der Waals surface area contributed by atoms with E-state index < -0.39 is 11.5 Å². The number of aliphatic hydroxyl groups excluding tert-OH is 2. The van der Waals surface area contributed by atoms with Crippen LogP contribution in [-0.4, -0.2) is 35.5 Å². The minimum atomic E-state index is -0.997. The van der Waals surface area contributed by atoms with Gasteiger partial charge in [-0.2, -0.15) is 0 Å². The van der Waals surface area contributed by atoms with E-state index in [2.05, 4.69) is 39.8 Å². The highest BCUT2D eigenvalue weighted by molar-refractivity contribution is 5.77. The van der Waals surface area contributed by atoms with E-state index in [1.165, 1.54) is 12.0 Å². The van der Waals surface area contributed by atoms with Crippen molar-refractivity contribution >= 4 is 5.97 Å². The summed E-state index contributed by atoms with van der Waals surface area (Å²) in [5.74, 6) is 1.17. The molecular formula is C23H36O4. The van der Waals surface area contributed by atoms with Gasteiger partial charge < -0.3 is 14.9 Å². The van der Waals surface area contributed by atoms with Crippen LogP contribution in [0.25, 0.3) is 0 Å². The van der Waals surface area contributed by atoms with Gasteiger partial charge in [0.1, 0.15) is 12.7 Å². The number of carbonyl (C=O) groups excluding carboxylic acids is 1. The summed E-state index contributed by atoms with van der Waals surface area (Å²) < 4.78 is 5.43. The molecule has 3 aliphatic carbocycles. The molecule has 27 heavy (non-hydrogen) atoms. The molecule has 0 heterocycles. The molecule has 0 bridgehead atoms. The van der Waals surface area contributed by atoms with Crippen molar-refractivity contribution in [1.29, 1.82) is 0 Å². The number of hydrogen-bond donors (Lipinski definition) is 2. The maximum absolute atomic E-state index is 13.0. The number of fused-ring (bicyclic) bond motifs is 3. The van der Waals surface area contributed by atoms with Gasteiger partial charge >= 0.3 is 5.97 Å². The molecule has 152 valence electrons. The Morgan fingerprint density at radius 1 is 1.33 bits per heavy atom. The molecule has 3 aliphatic rings. The number of rotatable bonds is 5. The second kappa shape index (κ2) is 7.71. The van der Waals surface area contributed by atoms with Crippen LogP contribution < -0.4 is 0 Å². The number of carbonyl (C=O) groups is 1. The molecule has 5 atom stereocenters. The van der Waals surface area contributed by atoms with Gasteiger partial charge in [-0.1, -0.05) is 44.9 Å². The minimum absolute atomic E-state index is 0.116. The Labute approximate surface area is 163 Å². The van der Waals surface area contributed by atoms with Crippen LogP contribution in [0.3, 0.4) is 0 Å². The predicted molar refractivity (Wildman–Crippen MR) is 106 cm³/mol. The van der Waals surface area contributed by atoms with E-state index in [1.54, 1.807) is 5.57 Å². The van der Waals surface area contributed by atoms with Gasteiger partial charge in [0, 0.05) is 0 Å². The third-order valence-corrected chi connectivity index (χ3v) is 7.66. The van der Waals surface area contributed by atoms with Gasteiger partial charge in [0.2, 0.25) is 0 Å². The summed E-state index contributed by atoms with van der Waals surface area (Å²) in [5, 5.41) is 18.5. The lowest BCUT2D eigenvalue weighted by Gasteiger charge is -2.57. The average molecular weight is 377 g/mol. The summed E-state index contributed by atoms with van der Waals surface area (Å²) in [6.07, 6.45) is 10.1. The second-order valence-electron chi connectivity index (χ2n) is 9.67. The van der Waals surface area contributed by atoms with E-state index in [4.69, 9.17) is 9.84 Å². The zero-order valence-electron chi connectivity index (χ0n) is 17.3. The first-order chi connectivity index (χ1) is 12.7. The van der Waals surface area contributed by atoms with Gasteiger partial charge in [0.05, 0.1) is 12.0 Å². The average Bonchev–Trinajstić information content (AvgIpc) is 2.65. The fourth-order valence-electron chi connectivity index (χ4n) is 5.98. The van der Waals surface area contributed by atoms with Crippen molar-refractivity contribution in [2.75, 3.05) is 13.2 Å². The maximum Gasteiger partial charge on any atom is 0.312 e. The molecule has 0 aliphatic heterocycles. The molecule has 0 aromatic rings. The van der Waals surface area contributed by atoms with Crippen LogP contribution >= 0.6 is 0 Å². The quantitative estimate of drug-likeness (QED) is 0.711. The van der Waals surface area contributed by atoms with Crippen molar-refractivity contribution in [1.82, 2.24) is 0 Å². The fraction of sp³-hybridized carbons (Fsp3) is 0.783. The Bertz CT molecular complexity index is 634. The lowest BCUT2D eigenvalue weighted by atomic mass is 9.47. The number of hydrogen-bond acceptors (Lipinski definition) is 4. The van der Waals surface area contributed by atoms with Crippen LogP contribution in [0.15, 0.2) is 23.3 Å². The number of allylic oxidation sites excluding steroid dienone is 4. The molecule has 1 fully saturated rings. The molecule has 4 heteroatoms. The molecule has 0 radical (unpaired) electrons. The zero-order valence-corrected chi connectivity index (χ0v) is 17.3. The van der Waals surface area contributed by atoms with Crippen molar-refractivity contribution in [3.63, 3.8) is 0 Å². The molecule has 0 aromatic heterocycles. The molecule has 0 aromatic carbocycles. The molecule has 0 unspecified atom stereocenters. The lowest BCUT2D eigenvalue weighted by molar-refractivity contribution is -0.172. The Morgan fingerprint density at radius 2 is 2.07 bits per heavy atom. The number of esters is 1. The molecule has 0 spiro atoms. The second-order valence-corrected chi connectivity index (χ2v) is 9.67. The number of aliphatic hydroxyl groups is 2. The van der Waals surface area contributed by atoms with Crippen LogP contribution in [-0.2, 0) is 9.53 Å². The van der Waals surface area contributed by atoms with Gasteiger partial charge in [-0.25, -0.2) is 0 Å². The lowest BCUT2D eigenvalue weighted by Crippen LogP contribution is -2.53. The molecule has 4 nitrogen and oxygen atoms in total. The summed E-state index contributed by atoms with van der Waals surface area (Å²) in [6, 6.07) is 0. The van der Waals surface area contributed by atoms with Crippen molar-refractivity contribution in [2.45, 2.75) is 72.3 Å². The van der Waals surface area contributed by atoms with Gasteiger partial charge in [-0.15, -0.1) is 0 Å². The van der Waals surface area contributed by atoms with Crippen LogP contribution in [0.1, 0.15) is 66.2 Å². The maximum atomic E-state index is 13.0. The molecule has 2 N–H and O–H groups in total. The van der Waals surface area contributed by atoms with Crippen LogP contribution in [0.2, 0.25) is 0 Å². The SMILES string of the molecule is CC(C)C1=CC2=CC[C@@H]3[C@](C)(CCC[C@]3(C)C(=O)OC[C@H](O)CO)[C@@H]2CC1. The molecule has 0 saturated heterocycles. The zero-order chi connectivity index (χ0) is 19.8. The molecule has 0 amide bonds. The summed E-state index contributed by atoms with van der Waals surface area (Å²) in [7, 11) is 0. The first-order valence-corrected chi connectivity index (χ1v) is 10.6. The number of ether oxygens (including phenoxy) is 1. The molecular weight excluding hydrogens is 340 g/mol. The van der Waals surface area contributed by atoms with Crippen LogP contribution in [0.5, 0.6) is 0 Å². The van der Waals surface area contributed by atoms with Gasteiger partial charge in [0.15, 0.2) is 0 Å². The molecule has 1 saturated carbocycles. The third kappa shape index (κ3) is 3.63. The Kier molecular flexibility index (Phi) is 5.88. The summed E-state index contributed by atoms with van der Waals surface area (Å²) >= 11 is 0. The van der Waals surface area contributed by atoms with Gasteiger partial charge in [-0.3, -0.25) is 4.79 Å². The van der Waals surface area contributed by atoms with Crippen LogP contribution in [0.4, 0.5) is 0 Å². The van der Waals surface area contributed by atoms with E-state index in [-0.39, 0.29) is 30.5 Å². The van der Waals surface area contributed by atoms with Crippen LogP contribution in [0, 0.1) is 28.6 Å². The minimum Gasteiger partial charge on any atom is -0.462 e. The smallest absolute Gasteiger partial charge is 0.312 e. The van der Waals surface area contributed by atoms with Gasteiger partial charge in [-0.05, 0) is 67.8 Å². The van der Waals surface area contributed by atoms with Crippen molar-refractivity contribution in [3.05, 3.63) is 23.3 Å². The first kappa shape index (κ1) is 20.6. The Hall–Kier alpha value is -1.13. The van der Waals surface area contributed by atoms with Gasteiger partial charge in [0.25, 0.3) is 0 Å². The predicted octanol–water partition coefficient (Wildman–Crippen LogP) is 4.02. The monoisotopic (exact) mass is 376 g/mol. The van der Waals surface area contributed by atoms with Crippen molar-refractivity contribution in [3.8, 4) is 0 Å². The van der Waals surface area contributed by atoms with E-state index >= 15 is 0 Å². The largest absolute Gasteiger partial charge is 0.462 e. The van der Waals surface area contributed by atoms with E-state index in [0.717, 1.165) is 32.1 Å².